The molecule has 1 atom stereocenters. The molecule has 0 saturated carbocycles. The van der Waals surface area contributed by atoms with Gasteiger partial charge in [0.05, 0.1) is 43.8 Å². The van der Waals surface area contributed by atoms with Crippen LogP contribution < -0.4 is 15.8 Å². The third-order valence-corrected chi connectivity index (χ3v) is 2.95. The van der Waals surface area contributed by atoms with Gasteiger partial charge in [-0.05, 0) is 19.1 Å². The lowest BCUT2D eigenvalue weighted by Crippen LogP contribution is -2.39. The van der Waals surface area contributed by atoms with Gasteiger partial charge < -0.3 is 25.3 Å². The van der Waals surface area contributed by atoms with Crippen molar-refractivity contribution in [2.24, 2.45) is 0 Å². The highest BCUT2D eigenvalue weighted by Crippen LogP contribution is 2.26. The number of nitrogen functional groups attached to an aromatic ring is 1. The molecule has 1 aliphatic rings. The van der Waals surface area contributed by atoms with E-state index in [2.05, 4.69) is 5.32 Å². The molecule has 6 heteroatoms. The van der Waals surface area contributed by atoms with E-state index in [0.717, 1.165) is 0 Å². The molecule has 3 N–H and O–H groups in total. The molecule has 1 aliphatic heterocycles. The van der Waals surface area contributed by atoms with Gasteiger partial charge in [0.15, 0.2) is 5.75 Å². The van der Waals surface area contributed by atoms with E-state index >= 15 is 0 Å². The van der Waals surface area contributed by atoms with Crippen LogP contribution in [0.4, 0.5) is 5.69 Å². The summed E-state index contributed by atoms with van der Waals surface area (Å²) in [6.07, 6.45) is -0.107. The Hall–Kier alpha value is -1.79. The predicted molar refractivity (Wildman–Crippen MR) is 74.9 cm³/mol. The number of anilines is 1. The van der Waals surface area contributed by atoms with Gasteiger partial charge in [-0.1, -0.05) is 6.07 Å². The van der Waals surface area contributed by atoms with E-state index in [1.807, 2.05) is 6.92 Å². The molecule has 1 heterocycles. The molecule has 0 aliphatic carbocycles. The maximum atomic E-state index is 12.2. The van der Waals surface area contributed by atoms with E-state index in [-0.39, 0.29) is 12.0 Å². The molecule has 6 nitrogen and oxygen atoms in total. The first-order valence-electron chi connectivity index (χ1n) is 6.71. The molecule has 1 amide bonds. The average Bonchev–Trinajstić information content (AvgIpc) is 2.48. The van der Waals surface area contributed by atoms with Crippen LogP contribution in [0.5, 0.6) is 5.75 Å². The summed E-state index contributed by atoms with van der Waals surface area (Å²) in [5.41, 5.74) is 6.72. The Morgan fingerprint density at radius 3 is 3.05 bits per heavy atom. The Morgan fingerprint density at radius 2 is 2.35 bits per heavy atom. The molecule has 1 saturated heterocycles. The minimum absolute atomic E-state index is 0.107. The molecule has 0 spiro atoms. The van der Waals surface area contributed by atoms with Crippen molar-refractivity contribution in [3.8, 4) is 5.75 Å². The van der Waals surface area contributed by atoms with Gasteiger partial charge >= 0.3 is 0 Å². The molecule has 1 aromatic carbocycles. The molecular weight excluding hydrogens is 260 g/mol. The fraction of sp³-hybridized carbons (Fsp3) is 0.500. The lowest BCUT2D eigenvalue weighted by atomic mass is 10.1. The van der Waals surface area contributed by atoms with Gasteiger partial charge in [-0.15, -0.1) is 0 Å². The van der Waals surface area contributed by atoms with Gasteiger partial charge in [0.2, 0.25) is 0 Å². The molecule has 110 valence electrons. The Morgan fingerprint density at radius 1 is 1.50 bits per heavy atom. The van der Waals surface area contributed by atoms with Crippen LogP contribution in [0.15, 0.2) is 18.2 Å². The first kappa shape index (κ1) is 14.6. The van der Waals surface area contributed by atoms with Crippen LogP contribution in [0.3, 0.4) is 0 Å². The van der Waals surface area contributed by atoms with Crippen molar-refractivity contribution in [2.75, 3.05) is 38.7 Å². The summed E-state index contributed by atoms with van der Waals surface area (Å²) >= 11 is 0. The highest BCUT2D eigenvalue weighted by atomic mass is 16.6. The minimum atomic E-state index is -0.227. The number of hydrogen-bond donors (Lipinski definition) is 2. The Kier molecular flexibility index (Phi) is 5.20. The zero-order valence-corrected chi connectivity index (χ0v) is 11.6. The van der Waals surface area contributed by atoms with Crippen molar-refractivity contribution in [1.82, 2.24) is 5.32 Å². The number of nitrogens with one attached hydrogen (secondary N) is 1. The fourth-order valence-electron chi connectivity index (χ4n) is 2.00. The smallest absolute Gasteiger partial charge is 0.255 e. The zero-order chi connectivity index (χ0) is 14.4. The normalized spacial score (nSPS) is 18.6. The van der Waals surface area contributed by atoms with Crippen LogP contribution in [-0.2, 0) is 9.47 Å². The third kappa shape index (κ3) is 3.61. The lowest BCUT2D eigenvalue weighted by molar-refractivity contribution is -0.0855. The number of rotatable bonds is 5. The predicted octanol–water partition coefficient (Wildman–Crippen LogP) is 0.813. The van der Waals surface area contributed by atoms with Gasteiger partial charge in [-0.25, -0.2) is 0 Å². The van der Waals surface area contributed by atoms with E-state index in [1.54, 1.807) is 18.2 Å². The second-order valence-electron chi connectivity index (χ2n) is 4.43. The summed E-state index contributed by atoms with van der Waals surface area (Å²) in [5.74, 6) is 0.197. The molecule has 20 heavy (non-hydrogen) atoms. The van der Waals surface area contributed by atoms with Crippen molar-refractivity contribution in [2.45, 2.75) is 13.0 Å². The third-order valence-electron chi connectivity index (χ3n) is 2.95. The van der Waals surface area contributed by atoms with Crippen LogP contribution in [0.1, 0.15) is 17.3 Å². The lowest BCUT2D eigenvalue weighted by Gasteiger charge is -2.23. The zero-order valence-electron chi connectivity index (χ0n) is 11.6. The summed E-state index contributed by atoms with van der Waals surface area (Å²) in [6, 6.07) is 5.13. The number of hydrogen-bond acceptors (Lipinski definition) is 5. The first-order chi connectivity index (χ1) is 9.72. The summed E-state index contributed by atoms with van der Waals surface area (Å²) in [6.45, 7) is 4.36. The Balaban J connectivity index is 1.99. The quantitative estimate of drug-likeness (QED) is 0.780. The molecule has 2 rings (SSSR count). The first-order valence-corrected chi connectivity index (χ1v) is 6.71. The van der Waals surface area contributed by atoms with Crippen LogP contribution in [0.25, 0.3) is 0 Å². The van der Waals surface area contributed by atoms with Crippen LogP contribution in [0, 0.1) is 0 Å². The standard InChI is InChI=1S/C14H20N2O4/c1-2-19-13-11(4-3-5-12(13)15)14(17)16-8-10-9-18-6-7-20-10/h3-5,10H,2,6-9,15H2,1H3,(H,16,17). The van der Waals surface area contributed by atoms with Gasteiger partial charge in [0.25, 0.3) is 5.91 Å². The molecule has 1 aromatic rings. The second-order valence-corrected chi connectivity index (χ2v) is 4.43. The summed E-state index contributed by atoms with van der Waals surface area (Å²) in [7, 11) is 0. The number of ether oxygens (including phenoxy) is 3. The van der Waals surface area contributed by atoms with E-state index in [9.17, 15) is 4.79 Å². The van der Waals surface area contributed by atoms with Gasteiger partial charge in [-0.2, -0.15) is 0 Å². The van der Waals surface area contributed by atoms with E-state index in [1.165, 1.54) is 0 Å². The summed E-state index contributed by atoms with van der Waals surface area (Å²) in [4.78, 5) is 12.2. The van der Waals surface area contributed by atoms with Crippen molar-refractivity contribution >= 4 is 11.6 Å². The minimum Gasteiger partial charge on any atom is -0.491 e. The fourth-order valence-corrected chi connectivity index (χ4v) is 2.00. The molecule has 1 fully saturated rings. The molecular formula is C14H20N2O4. The van der Waals surface area contributed by atoms with Crippen molar-refractivity contribution in [3.63, 3.8) is 0 Å². The van der Waals surface area contributed by atoms with E-state index < -0.39 is 0 Å². The van der Waals surface area contributed by atoms with Gasteiger partial charge in [0.1, 0.15) is 0 Å². The van der Waals surface area contributed by atoms with Gasteiger partial charge in [0, 0.05) is 6.54 Å². The monoisotopic (exact) mass is 280 g/mol. The highest BCUT2D eigenvalue weighted by molar-refractivity contribution is 5.98. The second kappa shape index (κ2) is 7.12. The summed E-state index contributed by atoms with van der Waals surface area (Å²) < 4.78 is 16.2. The Labute approximate surface area is 118 Å². The maximum absolute atomic E-state index is 12.2. The summed E-state index contributed by atoms with van der Waals surface area (Å²) in [5, 5.41) is 2.82. The SMILES string of the molecule is CCOc1c(N)cccc1C(=O)NCC1COCCO1. The number of benzene rings is 1. The number of amides is 1. The molecule has 1 unspecified atom stereocenters. The topological polar surface area (TPSA) is 82.8 Å². The van der Waals surface area contributed by atoms with E-state index in [0.29, 0.717) is 50.0 Å². The van der Waals surface area contributed by atoms with Crippen molar-refractivity contribution in [3.05, 3.63) is 23.8 Å². The average molecular weight is 280 g/mol. The number of para-hydroxylation sites is 1. The van der Waals surface area contributed by atoms with Crippen LogP contribution in [-0.4, -0.2) is 45.0 Å². The largest absolute Gasteiger partial charge is 0.491 e. The van der Waals surface area contributed by atoms with Crippen molar-refractivity contribution in [1.29, 1.82) is 0 Å². The maximum Gasteiger partial charge on any atom is 0.255 e. The van der Waals surface area contributed by atoms with Gasteiger partial charge in [-0.3, -0.25) is 4.79 Å². The number of carbonyl (C=O) groups is 1. The molecule has 0 bridgehead atoms. The number of nitrogens with two attached hydrogens (primary N) is 1. The highest BCUT2D eigenvalue weighted by Gasteiger charge is 2.18. The Bertz CT molecular complexity index is 458. The van der Waals surface area contributed by atoms with Crippen LogP contribution in [0.2, 0.25) is 0 Å². The molecule has 0 radical (unpaired) electrons. The molecule has 0 aromatic heterocycles. The number of carbonyl (C=O) groups excluding carboxylic acids is 1. The van der Waals surface area contributed by atoms with E-state index in [4.69, 9.17) is 19.9 Å². The van der Waals surface area contributed by atoms with Crippen LogP contribution >= 0.6 is 0 Å². The van der Waals surface area contributed by atoms with Crippen molar-refractivity contribution < 1.29 is 19.0 Å².